The number of anilines is 1. The van der Waals surface area contributed by atoms with Crippen molar-refractivity contribution in [2.75, 3.05) is 44.3 Å². The number of aryl methyl sites for hydroxylation is 1. The summed E-state index contributed by atoms with van der Waals surface area (Å²) >= 11 is 1.65. The number of carbonyl (C=O) groups excluding carboxylic acids is 1. The van der Waals surface area contributed by atoms with Gasteiger partial charge in [-0.3, -0.25) is 19.5 Å². The number of rotatable bonds is 11. The molecule has 0 saturated carbocycles. The molecule has 50 heavy (non-hydrogen) atoms. The van der Waals surface area contributed by atoms with Crippen molar-refractivity contribution in [1.29, 1.82) is 0 Å². The molecule has 3 aromatic heterocycles. The second kappa shape index (κ2) is 14.3. The molecule has 0 radical (unpaired) electrons. The van der Waals surface area contributed by atoms with Crippen LogP contribution in [0.15, 0.2) is 73.2 Å². The Hall–Kier alpha value is -4.72. The SMILES string of the molecule is CS[C@@]1(C(O)Nc2ccc3[nH]nc(-c4ccc(OC(C)C)nc4)c3c2)CCN(CC(=O)N2CC=C(c3ccc(-c4ncn(C)n4)cc3)CC2)C1. The molecule has 5 aromatic rings. The predicted molar refractivity (Wildman–Crippen MR) is 198 cm³/mol. The number of H-pyrrole nitrogens is 1. The van der Waals surface area contributed by atoms with Crippen molar-refractivity contribution < 1.29 is 14.6 Å². The lowest BCUT2D eigenvalue weighted by atomic mass is 9.98. The summed E-state index contributed by atoms with van der Waals surface area (Å²) in [5.41, 5.74) is 6.73. The fourth-order valence-corrected chi connectivity index (χ4v) is 7.61. The Labute approximate surface area is 295 Å². The molecular formula is C37H43N9O3S. The average Bonchev–Trinajstić information content (AvgIpc) is 3.87. The van der Waals surface area contributed by atoms with Crippen molar-refractivity contribution in [2.24, 2.45) is 7.05 Å². The number of carbonyl (C=O) groups is 1. The van der Waals surface area contributed by atoms with Gasteiger partial charge in [0.1, 0.15) is 18.2 Å². The highest BCUT2D eigenvalue weighted by Gasteiger charge is 2.44. The van der Waals surface area contributed by atoms with E-state index in [1.807, 2.05) is 74.5 Å². The number of likely N-dealkylation sites (tertiary alicyclic amines) is 1. The van der Waals surface area contributed by atoms with Gasteiger partial charge in [0.15, 0.2) is 5.82 Å². The minimum absolute atomic E-state index is 0.0461. The second-order valence-corrected chi connectivity index (χ2v) is 14.5. The zero-order valence-corrected chi connectivity index (χ0v) is 29.7. The Bertz CT molecular complexity index is 1990. The Kier molecular flexibility index (Phi) is 9.63. The first-order valence-electron chi connectivity index (χ1n) is 17.0. The third kappa shape index (κ3) is 7.11. The molecule has 0 bridgehead atoms. The summed E-state index contributed by atoms with van der Waals surface area (Å²) < 4.78 is 6.93. The first kappa shape index (κ1) is 33.8. The van der Waals surface area contributed by atoms with E-state index in [1.54, 1.807) is 29.0 Å². The van der Waals surface area contributed by atoms with Gasteiger partial charge in [0, 0.05) is 67.7 Å². The highest BCUT2D eigenvalue weighted by Crippen LogP contribution is 2.38. The summed E-state index contributed by atoms with van der Waals surface area (Å²) in [4.78, 5) is 26.3. The fourth-order valence-electron chi connectivity index (χ4n) is 6.72. The molecule has 7 rings (SSSR count). The zero-order chi connectivity index (χ0) is 34.8. The standard InChI is InChI=1S/C37H43N9O3S/c1-24(2)49-32-12-9-28(20-38-32)34-30-19-29(10-11-31(30)41-42-34)40-36(48)37(50-4)15-18-45(22-37)21-33(47)46-16-13-26(14-17-46)25-5-7-27(8-6-25)35-39-23-44(3)43-35/h5-13,19-20,23-24,36,40,48H,14-18,21-22H2,1-4H3,(H,41,42)/t36?,37-/m0/s1. The molecule has 1 amide bonds. The highest BCUT2D eigenvalue weighted by molar-refractivity contribution is 8.00. The Morgan fingerprint density at radius 2 is 1.88 bits per heavy atom. The lowest BCUT2D eigenvalue weighted by Crippen LogP contribution is -2.47. The minimum Gasteiger partial charge on any atom is -0.475 e. The third-order valence-corrected chi connectivity index (χ3v) is 10.9. The summed E-state index contributed by atoms with van der Waals surface area (Å²) in [6.07, 6.45) is 8.45. The number of benzene rings is 2. The van der Waals surface area contributed by atoms with Gasteiger partial charge in [0.05, 0.1) is 22.9 Å². The van der Waals surface area contributed by atoms with Gasteiger partial charge < -0.3 is 20.1 Å². The van der Waals surface area contributed by atoms with E-state index < -0.39 is 11.0 Å². The van der Waals surface area contributed by atoms with Crippen LogP contribution in [-0.4, -0.2) is 107 Å². The summed E-state index contributed by atoms with van der Waals surface area (Å²) in [6, 6.07) is 18.0. The summed E-state index contributed by atoms with van der Waals surface area (Å²) in [6.45, 7) is 6.90. The van der Waals surface area contributed by atoms with Crippen molar-refractivity contribution in [3.05, 3.63) is 78.8 Å². The van der Waals surface area contributed by atoms with E-state index in [2.05, 4.69) is 53.7 Å². The molecule has 3 N–H and O–H groups in total. The second-order valence-electron chi connectivity index (χ2n) is 13.3. The molecule has 1 fully saturated rings. The van der Waals surface area contributed by atoms with E-state index >= 15 is 0 Å². The van der Waals surface area contributed by atoms with E-state index in [1.165, 1.54) is 5.57 Å². The first-order valence-corrected chi connectivity index (χ1v) is 18.2. The number of aliphatic hydroxyl groups excluding tert-OH is 1. The van der Waals surface area contributed by atoms with Gasteiger partial charge in [-0.15, -0.1) is 0 Å². The molecule has 2 aromatic carbocycles. The van der Waals surface area contributed by atoms with Crippen LogP contribution in [-0.2, 0) is 11.8 Å². The number of aromatic amines is 1. The van der Waals surface area contributed by atoms with Crippen LogP contribution in [0.3, 0.4) is 0 Å². The van der Waals surface area contributed by atoms with Crippen LogP contribution < -0.4 is 10.1 Å². The van der Waals surface area contributed by atoms with Gasteiger partial charge in [-0.2, -0.15) is 22.0 Å². The molecule has 5 heterocycles. The van der Waals surface area contributed by atoms with Gasteiger partial charge >= 0.3 is 0 Å². The Balaban J connectivity index is 0.953. The van der Waals surface area contributed by atoms with Crippen LogP contribution in [0.25, 0.3) is 39.1 Å². The quantitative estimate of drug-likeness (QED) is 0.161. The number of aliphatic hydroxyl groups is 1. The van der Waals surface area contributed by atoms with E-state index in [-0.39, 0.29) is 12.0 Å². The molecule has 2 atom stereocenters. The Morgan fingerprint density at radius 1 is 1.08 bits per heavy atom. The van der Waals surface area contributed by atoms with Gasteiger partial charge in [0.25, 0.3) is 0 Å². The van der Waals surface area contributed by atoms with Gasteiger partial charge in [0.2, 0.25) is 11.8 Å². The van der Waals surface area contributed by atoms with Crippen molar-refractivity contribution in [3.8, 4) is 28.5 Å². The number of thioether (sulfide) groups is 1. The zero-order valence-electron chi connectivity index (χ0n) is 28.8. The van der Waals surface area contributed by atoms with Gasteiger partial charge in [-0.05, 0) is 68.3 Å². The minimum atomic E-state index is -0.820. The number of nitrogens with one attached hydrogen (secondary N) is 2. The maximum absolute atomic E-state index is 13.4. The number of hydrogen-bond acceptors (Lipinski definition) is 10. The predicted octanol–water partition coefficient (Wildman–Crippen LogP) is 5.06. The van der Waals surface area contributed by atoms with Crippen LogP contribution in [0.5, 0.6) is 5.88 Å². The van der Waals surface area contributed by atoms with Gasteiger partial charge in [-0.1, -0.05) is 30.3 Å². The van der Waals surface area contributed by atoms with Crippen LogP contribution in [0.1, 0.15) is 32.3 Å². The number of hydrogen-bond donors (Lipinski definition) is 3. The summed E-state index contributed by atoms with van der Waals surface area (Å²) in [5, 5.41) is 27.9. The van der Waals surface area contributed by atoms with E-state index in [0.717, 1.165) is 58.4 Å². The van der Waals surface area contributed by atoms with Crippen LogP contribution in [0.4, 0.5) is 5.69 Å². The molecule has 13 heteroatoms. The van der Waals surface area contributed by atoms with Crippen molar-refractivity contribution in [2.45, 2.75) is 43.8 Å². The monoisotopic (exact) mass is 693 g/mol. The number of amides is 1. The molecular weight excluding hydrogens is 651 g/mol. The normalized spacial score (nSPS) is 18.8. The lowest BCUT2D eigenvalue weighted by molar-refractivity contribution is -0.131. The number of ether oxygens (including phenoxy) is 1. The lowest BCUT2D eigenvalue weighted by Gasteiger charge is -2.34. The molecule has 1 saturated heterocycles. The molecule has 0 spiro atoms. The number of fused-ring (bicyclic) bond motifs is 1. The van der Waals surface area contributed by atoms with Crippen LogP contribution in [0, 0.1) is 0 Å². The first-order chi connectivity index (χ1) is 24.2. The van der Waals surface area contributed by atoms with Crippen molar-refractivity contribution in [3.63, 3.8) is 0 Å². The molecule has 2 aliphatic rings. The topological polar surface area (TPSA) is 137 Å². The van der Waals surface area contributed by atoms with Crippen LogP contribution >= 0.6 is 11.8 Å². The summed E-state index contributed by atoms with van der Waals surface area (Å²) in [7, 11) is 1.86. The maximum Gasteiger partial charge on any atom is 0.237 e. The number of nitrogens with zero attached hydrogens (tertiary/aromatic N) is 7. The third-order valence-electron chi connectivity index (χ3n) is 9.51. The molecule has 0 aliphatic carbocycles. The van der Waals surface area contributed by atoms with Crippen molar-refractivity contribution in [1.82, 2.24) is 39.7 Å². The van der Waals surface area contributed by atoms with Crippen molar-refractivity contribution >= 4 is 39.8 Å². The maximum atomic E-state index is 13.4. The average molecular weight is 694 g/mol. The fraction of sp³-hybridized carbons (Fsp3) is 0.378. The highest BCUT2D eigenvalue weighted by atomic mass is 32.2. The molecule has 260 valence electrons. The van der Waals surface area contributed by atoms with E-state index in [4.69, 9.17) is 4.74 Å². The number of aromatic nitrogens is 6. The van der Waals surface area contributed by atoms with Gasteiger partial charge in [-0.25, -0.2) is 9.97 Å². The number of pyridine rings is 1. The summed E-state index contributed by atoms with van der Waals surface area (Å²) in [5.74, 6) is 1.40. The van der Waals surface area contributed by atoms with E-state index in [9.17, 15) is 9.90 Å². The van der Waals surface area contributed by atoms with E-state index in [0.29, 0.717) is 37.9 Å². The largest absolute Gasteiger partial charge is 0.475 e. The molecule has 2 aliphatic heterocycles. The Morgan fingerprint density at radius 3 is 2.56 bits per heavy atom. The van der Waals surface area contributed by atoms with Crippen LogP contribution in [0.2, 0.25) is 0 Å². The molecule has 12 nitrogen and oxygen atoms in total. The molecule has 1 unspecified atom stereocenters. The smallest absolute Gasteiger partial charge is 0.237 e.